The van der Waals surface area contributed by atoms with Crippen LogP contribution in [0, 0.1) is 0 Å². The summed E-state index contributed by atoms with van der Waals surface area (Å²) in [6, 6.07) is 0. The van der Waals surface area contributed by atoms with Gasteiger partial charge < -0.3 is 9.80 Å². The van der Waals surface area contributed by atoms with Crippen molar-refractivity contribution >= 4 is 0 Å². The standard InChI is InChI=1S/C28H56N2/c1-4-7-9-11-13-15-16-17-19-21-23-25-30-27-26-29(6-3)28(30)24-22-20-18-14-12-10-8-5-2/h26-28H,4-25H2,1-3H3. The van der Waals surface area contributed by atoms with Gasteiger partial charge in [-0.3, -0.25) is 0 Å². The summed E-state index contributed by atoms with van der Waals surface area (Å²) in [6.45, 7) is 9.31. The van der Waals surface area contributed by atoms with Gasteiger partial charge in [-0.05, 0) is 26.2 Å². The molecule has 1 heterocycles. The van der Waals surface area contributed by atoms with E-state index in [1.807, 2.05) is 0 Å². The molecule has 1 aliphatic heterocycles. The van der Waals surface area contributed by atoms with Crippen molar-refractivity contribution in [3.63, 3.8) is 0 Å². The molecule has 1 unspecified atom stereocenters. The summed E-state index contributed by atoms with van der Waals surface area (Å²) in [5, 5.41) is 0. The molecule has 0 aliphatic carbocycles. The van der Waals surface area contributed by atoms with E-state index in [2.05, 4.69) is 43.0 Å². The molecule has 0 saturated carbocycles. The van der Waals surface area contributed by atoms with E-state index in [0.29, 0.717) is 6.17 Å². The highest BCUT2D eigenvalue weighted by Crippen LogP contribution is 2.22. The van der Waals surface area contributed by atoms with Gasteiger partial charge in [0.15, 0.2) is 0 Å². The van der Waals surface area contributed by atoms with Crippen molar-refractivity contribution in [1.29, 1.82) is 0 Å². The van der Waals surface area contributed by atoms with Gasteiger partial charge in [0.2, 0.25) is 0 Å². The molecule has 0 aromatic rings. The first-order valence-electron chi connectivity index (χ1n) is 14.0. The highest BCUT2D eigenvalue weighted by atomic mass is 15.4. The smallest absolute Gasteiger partial charge is 0.101 e. The maximum absolute atomic E-state index is 2.64. The van der Waals surface area contributed by atoms with Crippen molar-refractivity contribution in [2.75, 3.05) is 13.1 Å². The molecule has 0 aromatic carbocycles. The Morgan fingerprint density at radius 3 is 1.33 bits per heavy atom. The maximum Gasteiger partial charge on any atom is 0.101 e. The number of nitrogens with zero attached hydrogens (tertiary/aromatic N) is 2. The van der Waals surface area contributed by atoms with Crippen molar-refractivity contribution in [3.8, 4) is 0 Å². The van der Waals surface area contributed by atoms with Gasteiger partial charge in [-0.2, -0.15) is 0 Å². The molecule has 1 aliphatic rings. The molecule has 1 atom stereocenters. The Kier molecular flexibility index (Phi) is 18.5. The minimum absolute atomic E-state index is 0.637. The quantitative estimate of drug-likeness (QED) is 0.161. The lowest BCUT2D eigenvalue weighted by Crippen LogP contribution is -2.38. The highest BCUT2D eigenvalue weighted by molar-refractivity contribution is 4.96. The van der Waals surface area contributed by atoms with Crippen molar-refractivity contribution in [3.05, 3.63) is 12.4 Å². The molecule has 1 rings (SSSR count). The number of hydrogen-bond donors (Lipinski definition) is 0. The normalized spacial score (nSPS) is 16.2. The van der Waals surface area contributed by atoms with Crippen LogP contribution in [0.25, 0.3) is 0 Å². The Balaban J connectivity index is 2.03. The van der Waals surface area contributed by atoms with Gasteiger partial charge in [0.1, 0.15) is 6.17 Å². The van der Waals surface area contributed by atoms with Gasteiger partial charge in [-0.1, -0.05) is 123 Å². The fourth-order valence-electron chi connectivity index (χ4n) is 4.85. The van der Waals surface area contributed by atoms with Crippen molar-refractivity contribution in [1.82, 2.24) is 9.80 Å². The largest absolute Gasteiger partial charge is 0.356 e. The van der Waals surface area contributed by atoms with Crippen LogP contribution in [0.3, 0.4) is 0 Å². The van der Waals surface area contributed by atoms with E-state index in [0.717, 1.165) is 6.54 Å². The Morgan fingerprint density at radius 2 is 0.867 bits per heavy atom. The molecule has 0 N–H and O–H groups in total. The first-order chi connectivity index (χ1) is 14.8. The van der Waals surface area contributed by atoms with Gasteiger partial charge in [0, 0.05) is 25.5 Å². The molecule has 30 heavy (non-hydrogen) atoms. The predicted octanol–water partition coefficient (Wildman–Crippen LogP) is 9.26. The van der Waals surface area contributed by atoms with E-state index in [-0.39, 0.29) is 0 Å². The van der Waals surface area contributed by atoms with E-state index < -0.39 is 0 Å². The molecule has 178 valence electrons. The summed E-state index contributed by atoms with van der Waals surface area (Å²) >= 11 is 0. The zero-order chi connectivity index (χ0) is 21.7. The molecule has 0 spiro atoms. The minimum atomic E-state index is 0.637. The first kappa shape index (κ1) is 27.4. The average Bonchev–Trinajstić information content (AvgIpc) is 3.15. The molecule has 2 nitrogen and oxygen atoms in total. The topological polar surface area (TPSA) is 6.48 Å². The van der Waals surface area contributed by atoms with Gasteiger partial charge >= 0.3 is 0 Å². The predicted molar refractivity (Wildman–Crippen MR) is 136 cm³/mol. The lowest BCUT2D eigenvalue weighted by atomic mass is 10.1. The highest BCUT2D eigenvalue weighted by Gasteiger charge is 2.23. The van der Waals surface area contributed by atoms with E-state index >= 15 is 0 Å². The van der Waals surface area contributed by atoms with E-state index in [9.17, 15) is 0 Å². The minimum Gasteiger partial charge on any atom is -0.356 e. The average molecular weight is 421 g/mol. The van der Waals surface area contributed by atoms with Crippen LogP contribution in [0.1, 0.15) is 149 Å². The molecular formula is C28H56N2. The third-order valence-electron chi connectivity index (χ3n) is 6.92. The van der Waals surface area contributed by atoms with Crippen LogP contribution in [0.4, 0.5) is 0 Å². The van der Waals surface area contributed by atoms with Crippen LogP contribution >= 0.6 is 0 Å². The van der Waals surface area contributed by atoms with Crippen LogP contribution in [-0.2, 0) is 0 Å². The molecule has 0 saturated heterocycles. The fourth-order valence-corrected chi connectivity index (χ4v) is 4.85. The molecule has 0 fully saturated rings. The molecule has 2 heteroatoms. The summed E-state index contributed by atoms with van der Waals surface area (Å²) in [4.78, 5) is 5.19. The van der Waals surface area contributed by atoms with Crippen molar-refractivity contribution in [2.45, 2.75) is 155 Å². The maximum atomic E-state index is 2.64. The van der Waals surface area contributed by atoms with E-state index in [4.69, 9.17) is 0 Å². The lowest BCUT2D eigenvalue weighted by molar-refractivity contribution is 0.142. The van der Waals surface area contributed by atoms with E-state index in [1.165, 1.54) is 135 Å². The van der Waals surface area contributed by atoms with Crippen LogP contribution in [-0.4, -0.2) is 29.1 Å². The summed E-state index contributed by atoms with van der Waals surface area (Å²) < 4.78 is 0. The molecule has 0 amide bonds. The van der Waals surface area contributed by atoms with Crippen LogP contribution < -0.4 is 0 Å². The summed E-state index contributed by atoms with van der Waals surface area (Å²) in [7, 11) is 0. The summed E-state index contributed by atoms with van der Waals surface area (Å²) in [5.74, 6) is 0. The third kappa shape index (κ3) is 13.6. The summed E-state index contributed by atoms with van der Waals surface area (Å²) in [5.41, 5.74) is 0. The molecule has 0 radical (unpaired) electrons. The Bertz CT molecular complexity index is 379. The second-order valence-electron chi connectivity index (χ2n) is 9.65. The Labute approximate surface area is 190 Å². The van der Waals surface area contributed by atoms with Gasteiger partial charge in [-0.15, -0.1) is 0 Å². The summed E-state index contributed by atoms with van der Waals surface area (Å²) in [6.07, 6.45) is 33.8. The second-order valence-corrected chi connectivity index (χ2v) is 9.65. The zero-order valence-electron chi connectivity index (χ0n) is 21.2. The van der Waals surface area contributed by atoms with Crippen LogP contribution in [0.15, 0.2) is 12.4 Å². The number of rotatable bonds is 22. The lowest BCUT2D eigenvalue weighted by Gasteiger charge is -2.32. The Hall–Kier alpha value is -0.660. The molecular weight excluding hydrogens is 364 g/mol. The molecule has 0 aromatic heterocycles. The zero-order valence-corrected chi connectivity index (χ0v) is 21.2. The molecule has 0 bridgehead atoms. The van der Waals surface area contributed by atoms with Crippen molar-refractivity contribution in [2.24, 2.45) is 0 Å². The number of hydrogen-bond acceptors (Lipinski definition) is 2. The van der Waals surface area contributed by atoms with Gasteiger partial charge in [-0.25, -0.2) is 0 Å². The number of unbranched alkanes of at least 4 members (excludes halogenated alkanes) is 17. The van der Waals surface area contributed by atoms with Gasteiger partial charge in [0.05, 0.1) is 0 Å². The fraction of sp³-hybridized carbons (Fsp3) is 0.929. The SMILES string of the molecule is CCCCCCCCCCCCCN1C=CN(CC)C1CCCCCCCCCC. The monoisotopic (exact) mass is 420 g/mol. The van der Waals surface area contributed by atoms with E-state index in [1.54, 1.807) is 0 Å². The van der Waals surface area contributed by atoms with Crippen LogP contribution in [0.2, 0.25) is 0 Å². The Morgan fingerprint density at radius 1 is 0.467 bits per heavy atom. The first-order valence-corrected chi connectivity index (χ1v) is 14.0. The van der Waals surface area contributed by atoms with Crippen LogP contribution in [0.5, 0.6) is 0 Å². The third-order valence-corrected chi connectivity index (χ3v) is 6.92. The van der Waals surface area contributed by atoms with Gasteiger partial charge in [0.25, 0.3) is 0 Å². The second kappa shape index (κ2) is 20.3. The van der Waals surface area contributed by atoms with Crippen molar-refractivity contribution < 1.29 is 0 Å².